The molecule has 0 fully saturated rings. The van der Waals surface area contributed by atoms with Crippen molar-refractivity contribution in [2.75, 3.05) is 6.61 Å². The van der Waals surface area contributed by atoms with E-state index >= 15 is 0 Å². The number of nitrogens with one attached hydrogen (secondary N) is 2. The minimum Gasteiger partial charge on any atom is -0.444 e. The molecule has 0 aromatic carbocycles. The Labute approximate surface area is 136 Å². The molecule has 1 aliphatic rings. The van der Waals surface area contributed by atoms with Gasteiger partial charge in [0.1, 0.15) is 5.60 Å². The number of amidine groups is 1. The Balaban J connectivity index is 2.55. The topological polar surface area (TPSA) is 91.7 Å². The second-order valence-corrected chi connectivity index (χ2v) is 6.33. The highest BCUT2D eigenvalue weighted by Gasteiger charge is 2.33. The summed E-state index contributed by atoms with van der Waals surface area (Å²) in [6.45, 7) is 10.6. The van der Waals surface area contributed by atoms with Crippen molar-refractivity contribution in [1.29, 1.82) is 5.41 Å². The van der Waals surface area contributed by atoms with Crippen LogP contribution in [0.15, 0.2) is 23.3 Å². The second kappa shape index (κ2) is 7.41. The van der Waals surface area contributed by atoms with Gasteiger partial charge in [-0.1, -0.05) is 12.2 Å². The van der Waals surface area contributed by atoms with Crippen LogP contribution in [0.25, 0.3) is 0 Å². The summed E-state index contributed by atoms with van der Waals surface area (Å²) in [5.74, 6) is -0.373. The molecular weight excluding hydrogens is 298 g/mol. The van der Waals surface area contributed by atoms with Crippen LogP contribution in [-0.2, 0) is 14.4 Å². The van der Waals surface area contributed by atoms with Gasteiger partial charge in [-0.2, -0.15) is 5.06 Å². The number of hydrogen-bond acceptors (Lipinski definition) is 5. The lowest BCUT2D eigenvalue weighted by atomic mass is 10.1. The number of carbonyl (C=O) groups excluding carboxylic acids is 2. The monoisotopic (exact) mass is 323 g/mol. The van der Waals surface area contributed by atoms with E-state index in [0.717, 1.165) is 5.06 Å². The molecule has 7 heteroatoms. The maximum Gasteiger partial charge on any atom is 0.407 e. The summed E-state index contributed by atoms with van der Waals surface area (Å²) in [6.07, 6.45) is 2.83. The van der Waals surface area contributed by atoms with Crippen LogP contribution < -0.4 is 5.32 Å². The zero-order valence-corrected chi connectivity index (χ0v) is 14.5. The third-order valence-corrected chi connectivity index (χ3v) is 2.93. The van der Waals surface area contributed by atoms with Crippen molar-refractivity contribution in [3.8, 4) is 0 Å². The van der Waals surface area contributed by atoms with E-state index in [4.69, 9.17) is 15.0 Å². The van der Waals surface area contributed by atoms with Crippen LogP contribution in [0.4, 0.5) is 4.79 Å². The molecule has 2 amide bonds. The van der Waals surface area contributed by atoms with Gasteiger partial charge in [0.15, 0.2) is 5.84 Å². The van der Waals surface area contributed by atoms with Crippen LogP contribution in [0.5, 0.6) is 0 Å². The summed E-state index contributed by atoms with van der Waals surface area (Å²) in [6, 6.07) is -0.378. The van der Waals surface area contributed by atoms with Gasteiger partial charge in [-0.3, -0.25) is 15.0 Å². The first-order chi connectivity index (χ1) is 10.6. The zero-order valence-electron chi connectivity index (χ0n) is 14.5. The van der Waals surface area contributed by atoms with Crippen molar-refractivity contribution in [2.45, 2.75) is 53.2 Å². The number of hydroxylamine groups is 2. The predicted octanol–water partition coefficient (Wildman–Crippen LogP) is 2.54. The highest BCUT2D eigenvalue weighted by Crippen LogP contribution is 2.22. The number of amides is 2. The number of carbonyl (C=O) groups is 2. The molecule has 0 aromatic rings. The van der Waals surface area contributed by atoms with E-state index in [1.54, 1.807) is 53.7 Å². The lowest BCUT2D eigenvalue weighted by molar-refractivity contribution is -0.158. The Bertz CT molecular complexity index is 558. The molecule has 1 aliphatic heterocycles. The second-order valence-electron chi connectivity index (χ2n) is 6.33. The number of nitrogens with zero attached hydrogens (tertiary/aromatic N) is 1. The van der Waals surface area contributed by atoms with Gasteiger partial charge in [0.25, 0.3) is 5.91 Å². The van der Waals surface area contributed by atoms with E-state index in [2.05, 4.69) is 5.32 Å². The highest BCUT2D eigenvalue weighted by atomic mass is 16.7. The van der Waals surface area contributed by atoms with Crippen molar-refractivity contribution in [3.63, 3.8) is 0 Å². The number of ether oxygens (including phenoxy) is 1. The standard InChI is InChI=1S/C16H25N3O4/c1-7-8-12-11(3)13(17)19(14(12)20)22-9-10(2)18-15(21)23-16(4,5)6/h7-8,10,17H,9H2,1-6H3,(H,18,21)/b8-7-,17-13?/t10-/m0/s1. The molecule has 0 aromatic heterocycles. The summed E-state index contributed by atoms with van der Waals surface area (Å²) in [5, 5.41) is 11.5. The molecule has 0 aliphatic carbocycles. The zero-order chi connectivity index (χ0) is 17.8. The van der Waals surface area contributed by atoms with Gasteiger partial charge < -0.3 is 10.1 Å². The van der Waals surface area contributed by atoms with E-state index in [9.17, 15) is 9.59 Å². The molecule has 128 valence electrons. The summed E-state index contributed by atoms with van der Waals surface area (Å²) >= 11 is 0. The van der Waals surface area contributed by atoms with Gasteiger partial charge in [-0.05, 0) is 41.5 Å². The van der Waals surface area contributed by atoms with Crippen LogP contribution in [0.2, 0.25) is 0 Å². The van der Waals surface area contributed by atoms with Crippen molar-refractivity contribution in [1.82, 2.24) is 10.4 Å². The predicted molar refractivity (Wildman–Crippen MR) is 86.9 cm³/mol. The highest BCUT2D eigenvalue weighted by molar-refractivity contribution is 6.20. The van der Waals surface area contributed by atoms with Crippen LogP contribution in [0, 0.1) is 5.41 Å². The van der Waals surface area contributed by atoms with Crippen LogP contribution in [-0.4, -0.2) is 41.1 Å². The van der Waals surface area contributed by atoms with E-state index < -0.39 is 11.7 Å². The van der Waals surface area contributed by atoms with Gasteiger partial charge in [-0.25, -0.2) is 4.79 Å². The van der Waals surface area contributed by atoms with Gasteiger partial charge in [0.2, 0.25) is 0 Å². The van der Waals surface area contributed by atoms with Gasteiger partial charge in [0, 0.05) is 11.1 Å². The minimum absolute atomic E-state index is 0.00701. The minimum atomic E-state index is -0.583. The lowest BCUT2D eigenvalue weighted by Gasteiger charge is -2.23. The fourth-order valence-electron chi connectivity index (χ4n) is 1.87. The Hall–Kier alpha value is -2.15. The van der Waals surface area contributed by atoms with Crippen molar-refractivity contribution in [2.24, 2.45) is 0 Å². The molecular formula is C16H25N3O4. The fourth-order valence-corrected chi connectivity index (χ4v) is 1.87. The molecule has 0 saturated heterocycles. The van der Waals surface area contributed by atoms with Crippen molar-refractivity contribution < 1.29 is 19.2 Å². The molecule has 1 heterocycles. The third kappa shape index (κ3) is 5.21. The molecule has 2 N–H and O–H groups in total. The third-order valence-electron chi connectivity index (χ3n) is 2.93. The van der Waals surface area contributed by atoms with Gasteiger partial charge >= 0.3 is 6.09 Å². The Morgan fingerprint density at radius 3 is 2.57 bits per heavy atom. The molecule has 1 rings (SSSR count). The average molecular weight is 323 g/mol. The van der Waals surface area contributed by atoms with Gasteiger partial charge in [0.05, 0.1) is 12.6 Å². The van der Waals surface area contributed by atoms with E-state index in [-0.39, 0.29) is 24.4 Å². The average Bonchev–Trinajstić information content (AvgIpc) is 2.59. The molecule has 0 radical (unpaired) electrons. The van der Waals surface area contributed by atoms with Crippen LogP contribution in [0.1, 0.15) is 41.5 Å². The summed E-state index contributed by atoms with van der Waals surface area (Å²) < 4.78 is 5.14. The quantitative estimate of drug-likeness (QED) is 0.813. The number of rotatable bonds is 5. The normalized spacial score (nSPS) is 17.2. The van der Waals surface area contributed by atoms with E-state index in [1.165, 1.54) is 0 Å². The van der Waals surface area contributed by atoms with E-state index in [1.807, 2.05) is 0 Å². The fraction of sp³-hybridized carbons (Fsp3) is 0.562. The number of alkyl carbamates (subject to hydrolysis) is 1. The van der Waals surface area contributed by atoms with Crippen LogP contribution >= 0.6 is 0 Å². The molecule has 0 unspecified atom stereocenters. The Morgan fingerprint density at radius 2 is 2.04 bits per heavy atom. The molecule has 0 spiro atoms. The first kappa shape index (κ1) is 18.9. The maximum absolute atomic E-state index is 12.2. The smallest absolute Gasteiger partial charge is 0.407 e. The first-order valence-corrected chi connectivity index (χ1v) is 7.46. The van der Waals surface area contributed by atoms with Gasteiger partial charge in [-0.15, -0.1) is 0 Å². The largest absolute Gasteiger partial charge is 0.444 e. The molecule has 1 atom stereocenters. The van der Waals surface area contributed by atoms with Crippen molar-refractivity contribution in [3.05, 3.63) is 23.3 Å². The van der Waals surface area contributed by atoms with E-state index in [0.29, 0.717) is 11.1 Å². The summed E-state index contributed by atoms with van der Waals surface area (Å²) in [4.78, 5) is 29.2. The molecule has 7 nitrogen and oxygen atoms in total. The lowest BCUT2D eigenvalue weighted by Crippen LogP contribution is -2.42. The SMILES string of the molecule is C/C=C\C1=C(C)C(=N)N(OC[C@H](C)NC(=O)OC(C)(C)C)C1=O. The molecule has 0 saturated carbocycles. The van der Waals surface area contributed by atoms with Crippen LogP contribution in [0.3, 0.4) is 0 Å². The maximum atomic E-state index is 12.2. The number of allylic oxidation sites excluding steroid dienone is 1. The summed E-state index contributed by atoms with van der Waals surface area (Å²) in [7, 11) is 0. The van der Waals surface area contributed by atoms with Crippen molar-refractivity contribution >= 4 is 17.8 Å². The first-order valence-electron chi connectivity index (χ1n) is 7.46. The molecule has 0 bridgehead atoms. The summed E-state index contributed by atoms with van der Waals surface area (Å²) in [5.41, 5.74) is 0.409. The molecule has 23 heavy (non-hydrogen) atoms. The Kier molecular flexibility index (Phi) is 6.09. The number of hydrogen-bond donors (Lipinski definition) is 2. The Morgan fingerprint density at radius 1 is 1.43 bits per heavy atom.